The van der Waals surface area contributed by atoms with Gasteiger partial charge in [-0.2, -0.15) is 0 Å². The van der Waals surface area contributed by atoms with Crippen LogP contribution in [-0.4, -0.2) is 24.1 Å². The average Bonchev–Trinajstić information content (AvgIpc) is 2.48. The van der Waals surface area contributed by atoms with Gasteiger partial charge < -0.3 is 14.6 Å². The molecule has 0 radical (unpaired) electrons. The van der Waals surface area contributed by atoms with E-state index in [1.54, 1.807) is 19.1 Å². The number of carbonyl (C=O) groups excluding carboxylic acids is 1. The summed E-state index contributed by atoms with van der Waals surface area (Å²) in [4.78, 5) is 11.3. The molecule has 0 aromatic heterocycles. The Bertz CT molecular complexity index is 620. The Morgan fingerprint density at radius 3 is 2.38 bits per heavy atom. The third-order valence-corrected chi connectivity index (χ3v) is 3.11. The Labute approximate surface area is 123 Å². The summed E-state index contributed by atoms with van der Waals surface area (Å²) < 4.78 is 11.1. The van der Waals surface area contributed by atoms with E-state index in [1.165, 1.54) is 6.92 Å². The summed E-state index contributed by atoms with van der Waals surface area (Å²) in [5.41, 5.74) is 0.864. The Hall–Kier alpha value is -2.49. The fraction of sp³-hybridized carbons (Fsp3) is 0.235. The Morgan fingerprint density at radius 1 is 1.05 bits per heavy atom. The summed E-state index contributed by atoms with van der Waals surface area (Å²) >= 11 is 0. The average molecular weight is 286 g/mol. The number of phenolic OH excluding ortho intramolecular Hbond substituents is 1. The second-order valence-electron chi connectivity index (χ2n) is 4.65. The number of hydrogen-bond donors (Lipinski definition) is 1. The lowest BCUT2D eigenvalue weighted by Gasteiger charge is -2.12. The second kappa shape index (κ2) is 6.79. The number of ether oxygens (including phenoxy) is 2. The molecule has 0 aliphatic heterocycles. The molecule has 0 spiro atoms. The maximum absolute atomic E-state index is 11.3. The van der Waals surface area contributed by atoms with E-state index in [4.69, 9.17) is 9.47 Å². The van der Waals surface area contributed by atoms with Crippen molar-refractivity contribution >= 4 is 5.78 Å². The largest absolute Gasteiger partial charge is 0.507 e. The Kier molecular flexibility index (Phi) is 4.82. The fourth-order valence-corrected chi connectivity index (χ4v) is 1.95. The van der Waals surface area contributed by atoms with Crippen molar-refractivity contribution < 1.29 is 19.4 Å². The molecule has 0 amide bonds. The number of hydrogen-bond acceptors (Lipinski definition) is 4. The van der Waals surface area contributed by atoms with Gasteiger partial charge in [-0.05, 0) is 38.1 Å². The lowest BCUT2D eigenvalue weighted by atomic mass is 10.1. The lowest BCUT2D eigenvalue weighted by molar-refractivity contribution is 0.101. The van der Waals surface area contributed by atoms with Crippen molar-refractivity contribution in [2.24, 2.45) is 0 Å². The van der Waals surface area contributed by atoms with Crippen molar-refractivity contribution in [2.45, 2.75) is 13.8 Å². The zero-order valence-electron chi connectivity index (χ0n) is 12.1. The van der Waals surface area contributed by atoms with Crippen LogP contribution in [0.2, 0.25) is 0 Å². The quantitative estimate of drug-likeness (QED) is 0.653. The number of rotatable bonds is 6. The van der Waals surface area contributed by atoms with Crippen LogP contribution in [0.4, 0.5) is 0 Å². The summed E-state index contributed by atoms with van der Waals surface area (Å²) in [7, 11) is 0. The summed E-state index contributed by atoms with van der Waals surface area (Å²) in [5.74, 6) is 1.14. The first-order valence-electron chi connectivity index (χ1n) is 6.73. The monoisotopic (exact) mass is 286 g/mol. The maximum Gasteiger partial charge on any atom is 0.163 e. The molecule has 4 heteroatoms. The first-order chi connectivity index (χ1) is 10.1. The molecule has 0 aliphatic rings. The van der Waals surface area contributed by atoms with Gasteiger partial charge in [-0.1, -0.05) is 18.2 Å². The molecule has 2 aromatic carbocycles. The predicted molar refractivity (Wildman–Crippen MR) is 80.3 cm³/mol. The summed E-state index contributed by atoms with van der Waals surface area (Å²) in [5, 5.41) is 9.95. The van der Waals surface area contributed by atoms with Gasteiger partial charge in [0.05, 0.1) is 5.56 Å². The van der Waals surface area contributed by atoms with E-state index in [0.29, 0.717) is 30.1 Å². The smallest absolute Gasteiger partial charge is 0.163 e. The van der Waals surface area contributed by atoms with Crippen molar-refractivity contribution in [1.29, 1.82) is 0 Å². The van der Waals surface area contributed by atoms with Gasteiger partial charge in [0.1, 0.15) is 30.5 Å². The second-order valence-corrected chi connectivity index (χ2v) is 4.65. The van der Waals surface area contributed by atoms with Crippen molar-refractivity contribution in [3.05, 3.63) is 53.6 Å². The highest BCUT2D eigenvalue weighted by Crippen LogP contribution is 2.30. The molecule has 0 atom stereocenters. The maximum atomic E-state index is 11.3. The minimum atomic E-state index is -0.172. The number of aromatic hydroxyl groups is 1. The molecule has 0 saturated heterocycles. The van der Waals surface area contributed by atoms with Gasteiger partial charge >= 0.3 is 0 Å². The lowest BCUT2D eigenvalue weighted by Crippen LogP contribution is -2.10. The van der Waals surface area contributed by atoms with Crippen LogP contribution in [0, 0.1) is 6.92 Å². The highest BCUT2D eigenvalue weighted by Gasteiger charge is 2.12. The Morgan fingerprint density at radius 2 is 1.71 bits per heavy atom. The van der Waals surface area contributed by atoms with Crippen LogP contribution < -0.4 is 9.47 Å². The first-order valence-corrected chi connectivity index (χ1v) is 6.73. The van der Waals surface area contributed by atoms with Gasteiger partial charge in [0, 0.05) is 5.56 Å². The normalized spacial score (nSPS) is 10.2. The van der Waals surface area contributed by atoms with Crippen LogP contribution in [0.1, 0.15) is 22.8 Å². The molecular formula is C17H18O4. The first kappa shape index (κ1) is 14.9. The van der Waals surface area contributed by atoms with Gasteiger partial charge in [-0.15, -0.1) is 0 Å². The summed E-state index contributed by atoms with van der Waals surface area (Å²) in [6, 6.07) is 12.7. The topological polar surface area (TPSA) is 55.8 Å². The molecule has 0 heterocycles. The van der Waals surface area contributed by atoms with Crippen molar-refractivity contribution in [1.82, 2.24) is 0 Å². The van der Waals surface area contributed by atoms with Crippen LogP contribution in [0.5, 0.6) is 17.2 Å². The molecule has 0 fully saturated rings. The van der Waals surface area contributed by atoms with Gasteiger partial charge in [0.2, 0.25) is 0 Å². The van der Waals surface area contributed by atoms with E-state index in [0.717, 1.165) is 5.75 Å². The molecule has 4 nitrogen and oxygen atoms in total. The van der Waals surface area contributed by atoms with Gasteiger partial charge in [0.15, 0.2) is 5.78 Å². The number of ketones is 1. The molecule has 1 N–H and O–H groups in total. The number of benzene rings is 2. The molecule has 0 saturated carbocycles. The van der Waals surface area contributed by atoms with Crippen molar-refractivity contribution in [2.75, 3.05) is 13.2 Å². The highest BCUT2D eigenvalue weighted by atomic mass is 16.5. The SMILES string of the molecule is CC(=O)c1ccc(OCCOc2ccccc2)c(C)c1O. The fourth-order valence-electron chi connectivity index (χ4n) is 1.95. The molecule has 2 aromatic rings. The van der Waals surface area contributed by atoms with Gasteiger partial charge in [-0.25, -0.2) is 0 Å². The number of phenols is 1. The zero-order valence-corrected chi connectivity index (χ0v) is 12.1. The summed E-state index contributed by atoms with van der Waals surface area (Å²) in [6.45, 7) is 3.89. The van der Waals surface area contributed by atoms with E-state index in [9.17, 15) is 9.90 Å². The molecule has 2 rings (SSSR count). The Balaban J connectivity index is 1.92. The van der Waals surface area contributed by atoms with Gasteiger partial charge in [-0.3, -0.25) is 4.79 Å². The van der Waals surface area contributed by atoms with Crippen molar-refractivity contribution in [3.63, 3.8) is 0 Å². The molecule has 0 unspecified atom stereocenters. The molecule has 110 valence electrons. The molecular weight excluding hydrogens is 268 g/mol. The van der Waals surface area contributed by atoms with Gasteiger partial charge in [0.25, 0.3) is 0 Å². The summed E-state index contributed by atoms with van der Waals surface area (Å²) in [6.07, 6.45) is 0. The molecule has 0 aliphatic carbocycles. The minimum Gasteiger partial charge on any atom is -0.507 e. The van der Waals surface area contributed by atoms with Crippen LogP contribution >= 0.6 is 0 Å². The van der Waals surface area contributed by atoms with Crippen LogP contribution in [0.3, 0.4) is 0 Å². The third kappa shape index (κ3) is 3.75. The molecule has 21 heavy (non-hydrogen) atoms. The van der Waals surface area contributed by atoms with E-state index >= 15 is 0 Å². The van der Waals surface area contributed by atoms with Crippen LogP contribution in [0.25, 0.3) is 0 Å². The van der Waals surface area contributed by atoms with Crippen LogP contribution in [0.15, 0.2) is 42.5 Å². The third-order valence-electron chi connectivity index (χ3n) is 3.11. The van der Waals surface area contributed by atoms with E-state index < -0.39 is 0 Å². The predicted octanol–water partition coefficient (Wildman–Crippen LogP) is 3.36. The van der Waals surface area contributed by atoms with E-state index in [-0.39, 0.29) is 11.5 Å². The number of carbonyl (C=O) groups is 1. The van der Waals surface area contributed by atoms with Crippen LogP contribution in [-0.2, 0) is 0 Å². The zero-order chi connectivity index (χ0) is 15.2. The standard InChI is InChI=1S/C17H18O4/c1-12-16(9-8-15(13(2)18)17(12)19)21-11-10-20-14-6-4-3-5-7-14/h3-9,19H,10-11H2,1-2H3. The molecule has 0 bridgehead atoms. The van der Waals surface area contributed by atoms with E-state index in [1.807, 2.05) is 30.3 Å². The highest BCUT2D eigenvalue weighted by molar-refractivity contribution is 5.97. The van der Waals surface area contributed by atoms with E-state index in [2.05, 4.69) is 0 Å². The number of para-hydroxylation sites is 1. The number of Topliss-reactive ketones (excluding diaryl/α,β-unsaturated/α-hetero) is 1. The van der Waals surface area contributed by atoms with Crippen molar-refractivity contribution in [3.8, 4) is 17.2 Å². The minimum absolute atomic E-state index is 0.0241.